The first kappa shape index (κ1) is 12.8. The summed E-state index contributed by atoms with van der Waals surface area (Å²) >= 11 is 0. The molecular weight excluding hydrogens is 276 g/mol. The fourth-order valence-electron chi connectivity index (χ4n) is 2.78. The third-order valence-electron chi connectivity index (χ3n) is 4.01. The van der Waals surface area contributed by atoms with Crippen molar-refractivity contribution in [2.24, 2.45) is 0 Å². The van der Waals surface area contributed by atoms with E-state index in [9.17, 15) is 4.79 Å². The predicted molar refractivity (Wildman–Crippen MR) is 85.0 cm³/mol. The minimum absolute atomic E-state index is 0.0422. The van der Waals surface area contributed by atoms with Gasteiger partial charge in [0.1, 0.15) is 5.52 Å². The molecule has 3 aromatic heterocycles. The lowest BCUT2D eigenvalue weighted by atomic mass is 10.1. The Kier molecular flexibility index (Phi) is 2.79. The quantitative estimate of drug-likeness (QED) is 0.569. The first-order valence-electron chi connectivity index (χ1n) is 7.09. The molecule has 0 fully saturated rings. The molecule has 4 aromatic rings. The predicted octanol–water partition coefficient (Wildman–Crippen LogP) is 2.40. The van der Waals surface area contributed by atoms with E-state index in [-0.39, 0.29) is 5.56 Å². The number of hydrogen-bond acceptors (Lipinski definition) is 3. The number of hydrogen-bond donors (Lipinski definition) is 0. The van der Waals surface area contributed by atoms with Gasteiger partial charge in [-0.15, -0.1) is 0 Å². The molecule has 108 valence electrons. The van der Waals surface area contributed by atoms with Gasteiger partial charge in [0.15, 0.2) is 0 Å². The van der Waals surface area contributed by atoms with Crippen molar-refractivity contribution in [3.8, 4) is 0 Å². The lowest BCUT2D eigenvalue weighted by Crippen LogP contribution is -2.23. The van der Waals surface area contributed by atoms with Crippen LogP contribution in [0.25, 0.3) is 16.6 Å². The molecule has 0 aliphatic rings. The summed E-state index contributed by atoms with van der Waals surface area (Å²) in [6.45, 7) is 2.53. The van der Waals surface area contributed by atoms with Crippen LogP contribution in [0.3, 0.4) is 0 Å². The largest absolute Gasteiger partial charge is 0.300 e. The number of nitrogens with zero attached hydrogens (tertiary/aromatic N) is 4. The molecule has 0 N–H and O–H groups in total. The van der Waals surface area contributed by atoms with Crippen molar-refractivity contribution in [2.75, 3.05) is 0 Å². The molecular formula is C17H14N4O. The Morgan fingerprint density at radius 1 is 1.00 bits per heavy atom. The molecule has 0 saturated heterocycles. The van der Waals surface area contributed by atoms with Crippen LogP contribution in [0.1, 0.15) is 11.1 Å². The third-order valence-corrected chi connectivity index (χ3v) is 4.01. The number of benzene rings is 1. The number of aryl methyl sites for hydroxylation is 1. The van der Waals surface area contributed by atoms with Gasteiger partial charge in [-0.25, -0.2) is 4.98 Å². The van der Waals surface area contributed by atoms with Gasteiger partial charge < -0.3 is 4.57 Å². The van der Waals surface area contributed by atoms with E-state index >= 15 is 0 Å². The maximum Gasteiger partial charge on any atom is 0.277 e. The topological polar surface area (TPSA) is 52.2 Å². The average Bonchev–Trinajstić information content (AvgIpc) is 3.03. The lowest BCUT2D eigenvalue weighted by Gasteiger charge is -2.13. The fourth-order valence-corrected chi connectivity index (χ4v) is 2.78. The molecule has 1 aromatic carbocycles. The molecule has 0 unspecified atom stereocenters. The van der Waals surface area contributed by atoms with E-state index in [1.165, 1.54) is 0 Å². The maximum atomic E-state index is 12.8. The van der Waals surface area contributed by atoms with Crippen molar-refractivity contribution < 1.29 is 0 Å². The summed E-state index contributed by atoms with van der Waals surface area (Å²) in [6.07, 6.45) is 6.87. The van der Waals surface area contributed by atoms with Crippen molar-refractivity contribution in [3.05, 3.63) is 76.7 Å². The summed E-state index contributed by atoms with van der Waals surface area (Å²) in [5.74, 6) is 0. The van der Waals surface area contributed by atoms with Gasteiger partial charge >= 0.3 is 0 Å². The van der Waals surface area contributed by atoms with Crippen LogP contribution < -0.4 is 5.56 Å². The first-order valence-corrected chi connectivity index (χ1v) is 7.09. The summed E-state index contributed by atoms with van der Waals surface area (Å²) in [7, 11) is 0. The summed E-state index contributed by atoms with van der Waals surface area (Å²) in [5.41, 5.74) is 4.56. The zero-order valence-electron chi connectivity index (χ0n) is 12.1. The smallest absolute Gasteiger partial charge is 0.277 e. The molecule has 0 spiro atoms. The van der Waals surface area contributed by atoms with Gasteiger partial charge in [-0.2, -0.15) is 0 Å². The van der Waals surface area contributed by atoms with E-state index in [0.717, 1.165) is 22.2 Å². The van der Waals surface area contributed by atoms with Gasteiger partial charge in [0.05, 0.1) is 30.1 Å². The minimum Gasteiger partial charge on any atom is -0.300 e. The van der Waals surface area contributed by atoms with Crippen LogP contribution in [0.2, 0.25) is 0 Å². The molecule has 22 heavy (non-hydrogen) atoms. The summed E-state index contributed by atoms with van der Waals surface area (Å²) < 4.78 is 3.63. The van der Waals surface area contributed by atoms with Gasteiger partial charge in [-0.05, 0) is 36.2 Å². The number of rotatable bonds is 2. The molecule has 0 aliphatic heterocycles. The molecule has 0 aliphatic carbocycles. The Bertz CT molecular complexity index is 1050. The van der Waals surface area contributed by atoms with Crippen molar-refractivity contribution in [2.45, 2.75) is 13.5 Å². The zero-order chi connectivity index (χ0) is 15.1. The normalized spacial score (nSPS) is 11.3. The van der Waals surface area contributed by atoms with Crippen LogP contribution in [-0.4, -0.2) is 18.9 Å². The van der Waals surface area contributed by atoms with E-state index in [2.05, 4.69) is 9.97 Å². The number of aromatic nitrogens is 4. The Balaban J connectivity index is 2.05. The van der Waals surface area contributed by atoms with Gasteiger partial charge in [0.25, 0.3) is 5.56 Å². The molecule has 0 bridgehead atoms. The molecule has 0 amide bonds. The Morgan fingerprint density at radius 2 is 1.82 bits per heavy atom. The summed E-state index contributed by atoms with van der Waals surface area (Å²) in [5, 5.41) is 0. The van der Waals surface area contributed by atoms with Crippen molar-refractivity contribution >= 4 is 16.6 Å². The zero-order valence-corrected chi connectivity index (χ0v) is 12.1. The molecule has 0 saturated carbocycles. The van der Waals surface area contributed by atoms with E-state index in [4.69, 9.17) is 0 Å². The highest BCUT2D eigenvalue weighted by Gasteiger charge is 2.11. The van der Waals surface area contributed by atoms with Crippen molar-refractivity contribution in [1.29, 1.82) is 0 Å². The fraction of sp³-hybridized carbons (Fsp3) is 0.118. The van der Waals surface area contributed by atoms with E-state index < -0.39 is 0 Å². The molecule has 5 nitrogen and oxygen atoms in total. The second-order valence-corrected chi connectivity index (χ2v) is 5.33. The second kappa shape index (κ2) is 4.80. The molecule has 0 radical (unpaired) electrons. The minimum atomic E-state index is -0.0422. The standard InChI is InChI=1S/C17H14N4O/c1-12-6-7-18-8-13(12)10-20-14-4-2-3-5-15(14)21-11-19-9-16(21)17(20)22/h2-9,11H,10H2,1H3. The Labute approximate surface area is 126 Å². The van der Waals surface area contributed by atoms with Gasteiger partial charge in [0, 0.05) is 12.4 Å². The number of imidazole rings is 1. The van der Waals surface area contributed by atoms with Crippen LogP contribution in [-0.2, 0) is 6.54 Å². The highest BCUT2D eigenvalue weighted by atomic mass is 16.1. The van der Waals surface area contributed by atoms with Crippen molar-refractivity contribution in [3.63, 3.8) is 0 Å². The van der Waals surface area contributed by atoms with Crippen LogP contribution in [0.15, 0.2) is 60.0 Å². The van der Waals surface area contributed by atoms with Crippen LogP contribution in [0.5, 0.6) is 0 Å². The van der Waals surface area contributed by atoms with Crippen molar-refractivity contribution in [1.82, 2.24) is 18.9 Å². The summed E-state index contributed by atoms with van der Waals surface area (Å²) in [4.78, 5) is 21.1. The van der Waals surface area contributed by atoms with Gasteiger partial charge in [0.2, 0.25) is 0 Å². The van der Waals surface area contributed by atoms with E-state index in [0.29, 0.717) is 12.1 Å². The highest BCUT2D eigenvalue weighted by molar-refractivity contribution is 5.78. The maximum absolute atomic E-state index is 12.8. The number of pyridine rings is 1. The van der Waals surface area contributed by atoms with Crippen LogP contribution in [0, 0.1) is 6.92 Å². The third kappa shape index (κ3) is 1.83. The monoisotopic (exact) mass is 290 g/mol. The van der Waals surface area contributed by atoms with E-state index in [1.54, 1.807) is 23.3 Å². The Hall–Kier alpha value is -2.95. The second-order valence-electron chi connectivity index (χ2n) is 5.33. The van der Waals surface area contributed by atoms with Gasteiger partial charge in [-0.3, -0.25) is 14.2 Å². The average molecular weight is 290 g/mol. The first-order chi connectivity index (χ1) is 10.8. The molecule has 3 heterocycles. The van der Waals surface area contributed by atoms with Crippen LogP contribution in [0.4, 0.5) is 0 Å². The lowest BCUT2D eigenvalue weighted by molar-refractivity contribution is 0.784. The molecule has 5 heteroatoms. The number of fused-ring (bicyclic) bond motifs is 3. The van der Waals surface area contributed by atoms with E-state index in [1.807, 2.05) is 47.9 Å². The highest BCUT2D eigenvalue weighted by Crippen LogP contribution is 2.16. The Morgan fingerprint density at radius 3 is 2.64 bits per heavy atom. The SMILES string of the molecule is Cc1ccncc1Cn1c(=O)c2cncn2c2ccccc21. The summed E-state index contributed by atoms with van der Waals surface area (Å²) in [6, 6.07) is 9.82. The number of para-hydroxylation sites is 2. The molecule has 0 atom stereocenters. The van der Waals surface area contributed by atoms with Crippen LogP contribution >= 0.6 is 0 Å². The molecule has 4 rings (SSSR count). The van der Waals surface area contributed by atoms with Gasteiger partial charge in [-0.1, -0.05) is 12.1 Å².